The molecule has 0 spiro atoms. The lowest BCUT2D eigenvalue weighted by Crippen LogP contribution is -2.26. The summed E-state index contributed by atoms with van der Waals surface area (Å²) in [7, 11) is 0. The maximum atomic E-state index is 5.83. The van der Waals surface area contributed by atoms with Gasteiger partial charge >= 0.3 is 0 Å². The van der Waals surface area contributed by atoms with Crippen LogP contribution in [0.2, 0.25) is 0 Å². The molecule has 1 aromatic carbocycles. The van der Waals surface area contributed by atoms with Crippen LogP contribution in [-0.2, 0) is 13.1 Å². The predicted octanol–water partition coefficient (Wildman–Crippen LogP) is 2.91. The van der Waals surface area contributed by atoms with Crippen molar-refractivity contribution in [1.82, 2.24) is 0 Å². The van der Waals surface area contributed by atoms with Gasteiger partial charge in [0.1, 0.15) is 5.76 Å². The van der Waals surface area contributed by atoms with E-state index in [1.165, 1.54) is 24.1 Å². The summed E-state index contributed by atoms with van der Waals surface area (Å²) in [6.07, 6.45) is 4.26. The van der Waals surface area contributed by atoms with Gasteiger partial charge in [-0.15, -0.1) is 0 Å². The van der Waals surface area contributed by atoms with Gasteiger partial charge in [0.2, 0.25) is 0 Å². The Bertz CT molecular complexity index is 503. The fraction of sp³-hybridized carbons (Fsp3) is 0.333. The van der Waals surface area contributed by atoms with E-state index < -0.39 is 0 Å². The lowest BCUT2D eigenvalue weighted by atomic mass is 10.1. The quantitative estimate of drug-likeness (QED) is 0.876. The topological polar surface area (TPSA) is 42.4 Å². The Morgan fingerprint density at radius 2 is 2.00 bits per heavy atom. The molecule has 2 N–H and O–H groups in total. The number of rotatable bonds is 5. The van der Waals surface area contributed by atoms with Crippen LogP contribution in [0.25, 0.3) is 0 Å². The van der Waals surface area contributed by atoms with Gasteiger partial charge in [0.25, 0.3) is 0 Å². The number of nitrogens with zero attached hydrogens (tertiary/aromatic N) is 1. The third-order valence-electron chi connectivity index (χ3n) is 3.41. The molecule has 3 heteroatoms. The second-order valence-electron chi connectivity index (χ2n) is 4.77. The SMILES string of the molecule is NCc1ccccc1N(Cc1ccco1)C1CC1. The first-order valence-corrected chi connectivity index (χ1v) is 6.45. The molecule has 1 saturated carbocycles. The molecule has 0 bridgehead atoms. The molecule has 1 fully saturated rings. The van der Waals surface area contributed by atoms with Gasteiger partial charge in [-0.3, -0.25) is 0 Å². The van der Waals surface area contributed by atoms with Gasteiger partial charge in [-0.1, -0.05) is 18.2 Å². The predicted molar refractivity (Wildman–Crippen MR) is 72.2 cm³/mol. The van der Waals surface area contributed by atoms with Crippen LogP contribution in [0, 0.1) is 0 Å². The zero-order valence-electron chi connectivity index (χ0n) is 10.4. The van der Waals surface area contributed by atoms with Crippen molar-refractivity contribution < 1.29 is 4.42 Å². The molecular formula is C15H18N2O. The first-order valence-electron chi connectivity index (χ1n) is 6.45. The molecule has 3 nitrogen and oxygen atoms in total. The summed E-state index contributed by atoms with van der Waals surface area (Å²) < 4.78 is 5.46. The van der Waals surface area contributed by atoms with Gasteiger partial charge in [0.15, 0.2) is 0 Å². The zero-order valence-corrected chi connectivity index (χ0v) is 10.4. The molecular weight excluding hydrogens is 224 g/mol. The highest BCUT2D eigenvalue weighted by molar-refractivity contribution is 5.55. The molecule has 1 aliphatic carbocycles. The monoisotopic (exact) mass is 242 g/mol. The highest BCUT2D eigenvalue weighted by atomic mass is 16.3. The normalized spacial score (nSPS) is 14.7. The number of anilines is 1. The summed E-state index contributed by atoms with van der Waals surface area (Å²) in [4.78, 5) is 2.42. The van der Waals surface area contributed by atoms with Crippen LogP contribution >= 0.6 is 0 Å². The summed E-state index contributed by atoms with van der Waals surface area (Å²) in [6, 6.07) is 13.0. The van der Waals surface area contributed by atoms with E-state index in [4.69, 9.17) is 10.2 Å². The average Bonchev–Trinajstić information content (AvgIpc) is 3.13. The zero-order chi connectivity index (χ0) is 12.4. The summed E-state index contributed by atoms with van der Waals surface area (Å²) in [6.45, 7) is 1.41. The lowest BCUT2D eigenvalue weighted by Gasteiger charge is -2.26. The summed E-state index contributed by atoms with van der Waals surface area (Å²) in [5.74, 6) is 1.01. The summed E-state index contributed by atoms with van der Waals surface area (Å²) >= 11 is 0. The van der Waals surface area contributed by atoms with E-state index >= 15 is 0 Å². The van der Waals surface area contributed by atoms with Crippen molar-refractivity contribution in [3.63, 3.8) is 0 Å². The Morgan fingerprint density at radius 1 is 1.17 bits per heavy atom. The second-order valence-corrected chi connectivity index (χ2v) is 4.77. The van der Waals surface area contributed by atoms with E-state index in [1.54, 1.807) is 6.26 Å². The Hall–Kier alpha value is -1.74. The third-order valence-corrected chi connectivity index (χ3v) is 3.41. The van der Waals surface area contributed by atoms with Crippen LogP contribution in [0.3, 0.4) is 0 Å². The van der Waals surface area contributed by atoms with E-state index in [0.717, 1.165) is 12.3 Å². The van der Waals surface area contributed by atoms with Crippen LogP contribution in [0.15, 0.2) is 47.1 Å². The number of nitrogens with two attached hydrogens (primary N) is 1. The molecule has 1 aromatic heterocycles. The minimum absolute atomic E-state index is 0.581. The van der Waals surface area contributed by atoms with Crippen molar-refractivity contribution in [2.24, 2.45) is 5.73 Å². The fourth-order valence-corrected chi connectivity index (χ4v) is 2.33. The van der Waals surface area contributed by atoms with Gasteiger partial charge in [0, 0.05) is 18.3 Å². The fourth-order valence-electron chi connectivity index (χ4n) is 2.33. The van der Waals surface area contributed by atoms with Crippen molar-refractivity contribution in [1.29, 1.82) is 0 Å². The molecule has 0 radical (unpaired) electrons. The van der Waals surface area contributed by atoms with Crippen LogP contribution in [0.4, 0.5) is 5.69 Å². The number of furan rings is 1. The molecule has 0 aliphatic heterocycles. The first-order chi connectivity index (χ1) is 8.88. The van der Waals surface area contributed by atoms with E-state index in [9.17, 15) is 0 Å². The van der Waals surface area contributed by atoms with Crippen molar-refractivity contribution in [2.45, 2.75) is 32.0 Å². The standard InChI is InChI=1S/C15H18N2O/c16-10-12-4-1-2-6-15(12)17(13-7-8-13)11-14-5-3-9-18-14/h1-6,9,13H,7-8,10-11,16H2. The number of benzene rings is 1. The van der Waals surface area contributed by atoms with E-state index in [-0.39, 0.29) is 0 Å². The van der Waals surface area contributed by atoms with Gasteiger partial charge in [0.05, 0.1) is 12.8 Å². The van der Waals surface area contributed by atoms with E-state index in [2.05, 4.69) is 23.1 Å². The molecule has 0 unspecified atom stereocenters. The number of hydrogen-bond donors (Lipinski definition) is 1. The van der Waals surface area contributed by atoms with Crippen molar-refractivity contribution in [3.05, 3.63) is 54.0 Å². The van der Waals surface area contributed by atoms with E-state index in [1.807, 2.05) is 18.2 Å². The van der Waals surface area contributed by atoms with Crippen LogP contribution in [0.1, 0.15) is 24.2 Å². The molecule has 94 valence electrons. The second kappa shape index (κ2) is 4.86. The molecule has 0 amide bonds. The highest BCUT2D eigenvalue weighted by Crippen LogP contribution is 2.34. The molecule has 0 atom stereocenters. The molecule has 1 aliphatic rings. The number of hydrogen-bond acceptors (Lipinski definition) is 3. The van der Waals surface area contributed by atoms with Crippen molar-refractivity contribution in [3.8, 4) is 0 Å². The average molecular weight is 242 g/mol. The van der Waals surface area contributed by atoms with Gasteiger partial charge in [-0.25, -0.2) is 0 Å². The Labute approximate surface area is 107 Å². The van der Waals surface area contributed by atoms with Crippen molar-refractivity contribution in [2.75, 3.05) is 4.90 Å². The minimum atomic E-state index is 0.581. The van der Waals surface area contributed by atoms with Crippen molar-refractivity contribution >= 4 is 5.69 Å². The minimum Gasteiger partial charge on any atom is -0.467 e. The highest BCUT2D eigenvalue weighted by Gasteiger charge is 2.30. The van der Waals surface area contributed by atoms with Crippen LogP contribution in [0.5, 0.6) is 0 Å². The Morgan fingerprint density at radius 3 is 2.67 bits per heavy atom. The van der Waals surface area contributed by atoms with Gasteiger partial charge < -0.3 is 15.1 Å². The largest absolute Gasteiger partial charge is 0.467 e. The summed E-state index contributed by atoms with van der Waals surface area (Å²) in [5.41, 5.74) is 8.29. The van der Waals surface area contributed by atoms with Gasteiger partial charge in [-0.05, 0) is 36.6 Å². The molecule has 3 rings (SSSR count). The molecule has 1 heterocycles. The van der Waals surface area contributed by atoms with Crippen LogP contribution in [-0.4, -0.2) is 6.04 Å². The number of para-hydroxylation sites is 1. The maximum absolute atomic E-state index is 5.83. The molecule has 0 saturated heterocycles. The smallest absolute Gasteiger partial charge is 0.123 e. The lowest BCUT2D eigenvalue weighted by molar-refractivity contribution is 0.501. The summed E-state index contributed by atoms with van der Waals surface area (Å²) in [5, 5.41) is 0. The Balaban J connectivity index is 1.89. The Kier molecular flexibility index (Phi) is 3.07. The molecule has 18 heavy (non-hydrogen) atoms. The molecule has 2 aromatic rings. The van der Waals surface area contributed by atoms with Crippen LogP contribution < -0.4 is 10.6 Å². The van der Waals surface area contributed by atoms with Gasteiger partial charge in [-0.2, -0.15) is 0 Å². The third kappa shape index (κ3) is 2.27. The maximum Gasteiger partial charge on any atom is 0.123 e. The first kappa shape index (κ1) is 11.4. The van der Waals surface area contributed by atoms with E-state index in [0.29, 0.717) is 12.6 Å².